The predicted octanol–water partition coefficient (Wildman–Crippen LogP) is 2.79. The van der Waals surface area contributed by atoms with E-state index >= 15 is 0 Å². The van der Waals surface area contributed by atoms with E-state index < -0.39 is 0 Å². The zero-order valence-electron chi connectivity index (χ0n) is 12.1. The van der Waals surface area contributed by atoms with Crippen molar-refractivity contribution >= 4 is 10.9 Å². The second-order valence-corrected chi connectivity index (χ2v) is 5.90. The standard InChI is InChI=1S/C17H23N3/c1-20(16-9-3-6-14(16)11-18)12-15-7-2-5-13-8-4-10-19-17(13)15/h2,4-5,7-8,10,14,16H,3,6,9,11-12,18H2,1H3. The molecule has 0 bridgehead atoms. The summed E-state index contributed by atoms with van der Waals surface area (Å²) in [5, 5.41) is 1.22. The molecule has 20 heavy (non-hydrogen) atoms. The van der Waals surface area contributed by atoms with E-state index in [-0.39, 0.29) is 0 Å². The van der Waals surface area contributed by atoms with Gasteiger partial charge in [0.25, 0.3) is 0 Å². The highest BCUT2D eigenvalue weighted by Crippen LogP contribution is 2.30. The van der Waals surface area contributed by atoms with Crippen molar-refractivity contribution in [3.8, 4) is 0 Å². The fourth-order valence-electron chi connectivity index (χ4n) is 3.55. The van der Waals surface area contributed by atoms with Crippen molar-refractivity contribution in [1.82, 2.24) is 9.88 Å². The topological polar surface area (TPSA) is 42.2 Å². The predicted molar refractivity (Wildman–Crippen MR) is 83.4 cm³/mol. The molecule has 1 fully saturated rings. The number of para-hydroxylation sites is 1. The molecule has 3 rings (SSSR count). The van der Waals surface area contributed by atoms with Crippen LogP contribution in [0.2, 0.25) is 0 Å². The molecule has 0 saturated heterocycles. The molecule has 2 aromatic rings. The molecule has 1 aliphatic carbocycles. The highest BCUT2D eigenvalue weighted by Gasteiger charge is 2.29. The van der Waals surface area contributed by atoms with E-state index in [1.54, 1.807) is 0 Å². The molecule has 0 amide bonds. The van der Waals surface area contributed by atoms with Crippen molar-refractivity contribution in [1.29, 1.82) is 0 Å². The van der Waals surface area contributed by atoms with E-state index in [1.165, 1.54) is 30.2 Å². The maximum atomic E-state index is 5.91. The minimum atomic E-state index is 0.624. The molecular weight excluding hydrogens is 246 g/mol. The molecule has 3 nitrogen and oxygen atoms in total. The molecule has 2 unspecified atom stereocenters. The molecule has 1 saturated carbocycles. The smallest absolute Gasteiger partial charge is 0.0746 e. The summed E-state index contributed by atoms with van der Waals surface area (Å²) in [5.74, 6) is 0.655. The Morgan fingerprint density at radius 1 is 1.25 bits per heavy atom. The zero-order valence-corrected chi connectivity index (χ0v) is 12.1. The first-order valence-electron chi connectivity index (χ1n) is 7.52. The lowest BCUT2D eigenvalue weighted by Gasteiger charge is -2.29. The highest BCUT2D eigenvalue weighted by molar-refractivity contribution is 5.81. The average molecular weight is 269 g/mol. The lowest BCUT2D eigenvalue weighted by molar-refractivity contribution is 0.193. The largest absolute Gasteiger partial charge is 0.330 e. The van der Waals surface area contributed by atoms with Gasteiger partial charge in [0.2, 0.25) is 0 Å². The Bertz CT molecular complexity index is 576. The van der Waals surface area contributed by atoms with Crippen LogP contribution < -0.4 is 5.73 Å². The molecule has 1 aromatic carbocycles. The van der Waals surface area contributed by atoms with E-state index in [9.17, 15) is 0 Å². The van der Waals surface area contributed by atoms with Crippen LogP contribution in [0.1, 0.15) is 24.8 Å². The lowest BCUT2D eigenvalue weighted by Crippen LogP contribution is -2.37. The van der Waals surface area contributed by atoms with Crippen molar-refractivity contribution in [3.63, 3.8) is 0 Å². The number of hydrogen-bond donors (Lipinski definition) is 1. The third-order valence-corrected chi connectivity index (χ3v) is 4.62. The molecule has 1 aromatic heterocycles. The normalized spacial score (nSPS) is 22.8. The minimum absolute atomic E-state index is 0.624. The van der Waals surface area contributed by atoms with Crippen LogP contribution in [0.15, 0.2) is 36.5 Å². The summed E-state index contributed by atoms with van der Waals surface area (Å²) in [5.41, 5.74) is 8.35. The fourth-order valence-corrected chi connectivity index (χ4v) is 3.55. The molecule has 106 valence electrons. The van der Waals surface area contributed by atoms with Crippen molar-refractivity contribution in [3.05, 3.63) is 42.1 Å². The van der Waals surface area contributed by atoms with Crippen LogP contribution in [0.25, 0.3) is 10.9 Å². The van der Waals surface area contributed by atoms with Crippen LogP contribution in [0.4, 0.5) is 0 Å². The summed E-state index contributed by atoms with van der Waals surface area (Å²) < 4.78 is 0. The third-order valence-electron chi connectivity index (χ3n) is 4.62. The van der Waals surface area contributed by atoms with Crippen molar-refractivity contribution in [2.75, 3.05) is 13.6 Å². The number of nitrogens with zero attached hydrogens (tertiary/aromatic N) is 2. The number of fused-ring (bicyclic) bond motifs is 1. The average Bonchev–Trinajstić information content (AvgIpc) is 2.96. The van der Waals surface area contributed by atoms with E-state index in [0.717, 1.165) is 18.6 Å². The van der Waals surface area contributed by atoms with Gasteiger partial charge in [-0.15, -0.1) is 0 Å². The summed E-state index contributed by atoms with van der Waals surface area (Å²) in [6.45, 7) is 1.76. The Labute approximate surface area is 120 Å². The van der Waals surface area contributed by atoms with E-state index in [2.05, 4.69) is 41.2 Å². The van der Waals surface area contributed by atoms with Crippen molar-refractivity contribution < 1.29 is 0 Å². The van der Waals surface area contributed by atoms with Gasteiger partial charge < -0.3 is 5.73 Å². The third kappa shape index (κ3) is 2.56. The molecule has 0 aliphatic heterocycles. The maximum Gasteiger partial charge on any atom is 0.0746 e. The van der Waals surface area contributed by atoms with Gasteiger partial charge in [-0.3, -0.25) is 9.88 Å². The van der Waals surface area contributed by atoms with Gasteiger partial charge >= 0.3 is 0 Å². The molecule has 1 heterocycles. The maximum absolute atomic E-state index is 5.91. The van der Waals surface area contributed by atoms with Gasteiger partial charge in [-0.2, -0.15) is 0 Å². The zero-order chi connectivity index (χ0) is 13.9. The van der Waals surface area contributed by atoms with Crippen LogP contribution in [0.5, 0.6) is 0 Å². The van der Waals surface area contributed by atoms with E-state index in [0.29, 0.717) is 12.0 Å². The number of benzene rings is 1. The first-order valence-corrected chi connectivity index (χ1v) is 7.52. The Kier molecular flexibility index (Phi) is 3.99. The number of hydrogen-bond acceptors (Lipinski definition) is 3. The number of pyridine rings is 1. The molecule has 2 atom stereocenters. The second-order valence-electron chi connectivity index (χ2n) is 5.90. The summed E-state index contributed by atoms with van der Waals surface area (Å²) in [7, 11) is 2.22. The van der Waals surface area contributed by atoms with Crippen molar-refractivity contribution in [2.45, 2.75) is 31.8 Å². The molecule has 1 aliphatic rings. The molecule has 0 radical (unpaired) electrons. The highest BCUT2D eigenvalue weighted by atomic mass is 15.1. The Hall–Kier alpha value is -1.45. The number of rotatable bonds is 4. The van der Waals surface area contributed by atoms with Crippen LogP contribution >= 0.6 is 0 Å². The molecule has 2 N–H and O–H groups in total. The van der Waals surface area contributed by atoms with Crippen LogP contribution in [-0.2, 0) is 6.54 Å². The van der Waals surface area contributed by atoms with E-state index in [1.807, 2.05) is 12.3 Å². The number of aromatic nitrogens is 1. The van der Waals surface area contributed by atoms with Gasteiger partial charge in [-0.1, -0.05) is 30.7 Å². The Morgan fingerprint density at radius 2 is 2.10 bits per heavy atom. The first kappa shape index (κ1) is 13.5. The first-order chi connectivity index (χ1) is 9.79. The minimum Gasteiger partial charge on any atom is -0.330 e. The van der Waals surface area contributed by atoms with E-state index in [4.69, 9.17) is 5.73 Å². The van der Waals surface area contributed by atoms with Crippen molar-refractivity contribution in [2.24, 2.45) is 11.7 Å². The molecular formula is C17H23N3. The summed E-state index contributed by atoms with van der Waals surface area (Å²) in [6.07, 6.45) is 5.74. The van der Waals surface area contributed by atoms with Gasteiger partial charge in [0.15, 0.2) is 0 Å². The van der Waals surface area contributed by atoms with Gasteiger partial charge in [0, 0.05) is 24.2 Å². The van der Waals surface area contributed by atoms with Gasteiger partial charge in [-0.05, 0) is 44.0 Å². The lowest BCUT2D eigenvalue weighted by atomic mass is 10.0. The van der Waals surface area contributed by atoms with Crippen LogP contribution in [0.3, 0.4) is 0 Å². The van der Waals surface area contributed by atoms with Crippen LogP contribution in [0, 0.1) is 5.92 Å². The van der Waals surface area contributed by atoms with Gasteiger partial charge in [0.05, 0.1) is 5.52 Å². The van der Waals surface area contributed by atoms with Gasteiger partial charge in [0.1, 0.15) is 0 Å². The summed E-state index contributed by atoms with van der Waals surface area (Å²) in [4.78, 5) is 7.01. The second kappa shape index (κ2) is 5.90. The van der Waals surface area contributed by atoms with Crippen LogP contribution in [-0.4, -0.2) is 29.5 Å². The summed E-state index contributed by atoms with van der Waals surface area (Å²) in [6, 6.07) is 11.2. The number of nitrogens with two attached hydrogens (primary N) is 1. The molecule has 3 heteroatoms. The summed E-state index contributed by atoms with van der Waals surface area (Å²) >= 11 is 0. The fraction of sp³-hybridized carbons (Fsp3) is 0.471. The Morgan fingerprint density at radius 3 is 2.95 bits per heavy atom. The monoisotopic (exact) mass is 269 g/mol. The molecule has 0 spiro atoms. The quantitative estimate of drug-likeness (QED) is 0.928. The van der Waals surface area contributed by atoms with Gasteiger partial charge in [-0.25, -0.2) is 0 Å². The SMILES string of the molecule is CN(Cc1cccc2cccnc12)C1CCCC1CN. The Balaban J connectivity index is 1.82.